The van der Waals surface area contributed by atoms with E-state index in [-0.39, 0.29) is 30.5 Å². The maximum absolute atomic E-state index is 9.96. The molecule has 0 amide bonds. The first-order chi connectivity index (χ1) is 73.7. The van der Waals surface area contributed by atoms with Crippen LogP contribution in [0, 0.1) is 0 Å². The molecule has 4 aliphatic heterocycles. The van der Waals surface area contributed by atoms with Gasteiger partial charge >= 0.3 is 0 Å². The molecule has 150 heavy (non-hydrogen) atoms. The first-order valence-corrected chi connectivity index (χ1v) is 54.1. The van der Waals surface area contributed by atoms with Crippen molar-refractivity contribution in [3.05, 3.63) is 241 Å². The Morgan fingerprint density at radius 1 is 0.220 bits per heavy atom. The number of pyridine rings is 8. The number of benzene rings is 4. The summed E-state index contributed by atoms with van der Waals surface area (Å²) in [6, 6.07) is 34.4. The molecule has 33 nitrogen and oxygen atoms in total. The summed E-state index contributed by atoms with van der Waals surface area (Å²) >= 11 is 0. The highest BCUT2D eigenvalue weighted by atomic mass is 16.3. The van der Waals surface area contributed by atoms with Gasteiger partial charge in [0.05, 0.1) is 122 Å². The molecule has 0 bridgehead atoms. The van der Waals surface area contributed by atoms with Gasteiger partial charge in [0.15, 0.2) is 23.3 Å². The Hall–Kier alpha value is -14.5. The van der Waals surface area contributed by atoms with Crippen LogP contribution in [-0.4, -0.2) is 249 Å². The van der Waals surface area contributed by atoms with Crippen LogP contribution in [0.25, 0.3) is 178 Å². The number of imidazole rings is 4. The molecule has 20 aromatic rings. The Morgan fingerprint density at radius 3 is 0.707 bits per heavy atom. The van der Waals surface area contributed by atoms with Crippen molar-refractivity contribution < 1.29 is 25.5 Å². The van der Waals surface area contributed by atoms with Crippen molar-refractivity contribution in [1.29, 1.82) is 0 Å². The number of hydrogen-bond acceptors (Lipinski definition) is 25. The number of nitrogens with one attached hydrogen (secondary N) is 8. The van der Waals surface area contributed by atoms with E-state index in [1.54, 1.807) is 0 Å². The third-order valence-corrected chi connectivity index (χ3v) is 32.7. The lowest BCUT2D eigenvalue weighted by Crippen LogP contribution is -2.36. The van der Waals surface area contributed by atoms with Crippen LogP contribution in [0.4, 0.5) is 0 Å². The number of piperidine rings is 2. The molecule has 28 rings (SSSR count). The topological polar surface area (TPSA) is 447 Å². The number of fused-ring (bicyclic) bond motifs is 8. The second-order valence-electron chi connectivity index (χ2n) is 43.0. The number of H-pyrrole nitrogens is 8. The molecule has 0 unspecified atom stereocenters. The number of likely N-dealkylation sites (tertiary alicyclic amines) is 4. The van der Waals surface area contributed by atoms with E-state index >= 15 is 0 Å². The average molecular weight is 2000 g/mol. The zero-order valence-electron chi connectivity index (χ0n) is 84.3. The lowest BCUT2D eigenvalue weighted by Gasteiger charge is -2.30. The fourth-order valence-electron chi connectivity index (χ4n) is 24.1. The summed E-state index contributed by atoms with van der Waals surface area (Å²) in [4.78, 5) is 79.9. The number of aliphatic hydroxyl groups is 5. The summed E-state index contributed by atoms with van der Waals surface area (Å²) in [7, 11) is 0. The highest BCUT2D eigenvalue weighted by Gasteiger charge is 2.33. The summed E-state index contributed by atoms with van der Waals surface area (Å²) < 4.78 is 0. The van der Waals surface area contributed by atoms with E-state index < -0.39 is 0 Å². The van der Waals surface area contributed by atoms with E-state index in [1.807, 2.05) is 99.1 Å². The smallest absolute Gasteiger partial charge is 0.159 e. The molecule has 0 radical (unpaired) electrons. The molecule has 33 heteroatoms. The molecule has 764 valence electrons. The van der Waals surface area contributed by atoms with Crippen molar-refractivity contribution in [2.75, 3.05) is 52.4 Å². The molecule has 4 aliphatic carbocycles. The number of hydrogen-bond donors (Lipinski definition) is 13. The molecule has 8 aliphatic rings. The van der Waals surface area contributed by atoms with Crippen LogP contribution < -0.4 is 0 Å². The number of aromatic nitrogens is 24. The molecule has 4 aromatic carbocycles. The Balaban J connectivity index is 0.000000104. The standard InChI is InChI=1S/C30H33N7O2.C30H33N7O.C29H31N7O.C28H29N7O/c38-22-4-1-19(2-5-22)25-15-32-16-27-28(25)34-30(33-27)29-24-12-20(3-6-26(24)35-36-29)21-11-18(13-31-14-21)17-37-9-7-23(39)8-10-37;38-23-7-4-20(5-8-23)25-16-32-17-27-28(25)34-30(33-27)29-24-13-21(6-9-26(24)35-36-29)22-12-19(14-31-15-22)18-37-10-2-1-3-11-37;37-22-6-3-19(4-7-22)24-15-31-16-26-27(24)33-29(32-26)28-23-12-20(5-8-25(23)34-35-28)21-11-18(13-30-14-21)17-36-9-1-2-10-36;36-21-5-2-18(3-6-21)23-14-30-15-25-26(23)32-28(31-25)27-22-11-19(4-7-24(22)33-34-27)20-10-17(12-29-13-20)16-35-8-1-9-35/h3,6,11-16,19,22-23,38-39H,1-2,4-5,7-10,17H2,(H,33,34)(H,35,36);6,9,12-17,20,23,38H,1-5,7-8,10-11,18H2,(H,33,34)(H,35,36);5,8,11-16,19,22,37H,1-4,6-7,9-10,17H2,(H,32,33)(H,34,35);4,7,10-15,18,21,36H,1-3,5-6,8-9,16H2,(H,31,32)(H,33,34). The van der Waals surface area contributed by atoms with Crippen molar-refractivity contribution in [2.24, 2.45) is 0 Å². The minimum absolute atomic E-state index is 0.169. The van der Waals surface area contributed by atoms with Crippen LogP contribution in [0.5, 0.6) is 0 Å². The van der Waals surface area contributed by atoms with Crippen LogP contribution in [0.15, 0.2) is 196 Å². The fourth-order valence-corrected chi connectivity index (χ4v) is 24.1. The minimum atomic E-state index is -0.192. The van der Waals surface area contributed by atoms with Crippen LogP contribution in [0.3, 0.4) is 0 Å². The van der Waals surface area contributed by atoms with Gasteiger partial charge in [0.25, 0.3) is 0 Å². The van der Waals surface area contributed by atoms with Crippen LogP contribution in [-0.2, 0) is 26.2 Å². The van der Waals surface area contributed by atoms with E-state index in [9.17, 15) is 25.5 Å². The zero-order chi connectivity index (χ0) is 101. The lowest BCUT2D eigenvalue weighted by atomic mass is 9.83. The second kappa shape index (κ2) is 42.8. The third-order valence-electron chi connectivity index (χ3n) is 32.7. The van der Waals surface area contributed by atoms with E-state index in [1.165, 1.54) is 100 Å². The summed E-state index contributed by atoms with van der Waals surface area (Å²) in [5, 5.41) is 84.9. The Kier molecular flexibility index (Phi) is 27.5. The highest BCUT2D eigenvalue weighted by molar-refractivity contribution is 6.00. The SMILES string of the molecule is OC1CCC(c2cncc3[nH]c(-c4n[nH]c5ccc(-c6cncc(CN7CCC(O)CC7)c6)cc45)nc23)CC1.OC1CCC(c2cncc3[nH]c(-c4n[nH]c5ccc(-c6cncc(CN7CCC7)c6)cc45)nc23)CC1.OC1CCC(c2cncc3[nH]c(-c4n[nH]c5ccc(-c6cncc(CN7CCCC7)c6)cc45)nc23)CC1.OC1CCC(c2cncc3[nH]c(-c4n[nH]c5ccc(-c6cncc(CN7CCCCC7)c6)cc45)nc23)CC1. The summed E-state index contributed by atoms with van der Waals surface area (Å²) in [6.07, 6.45) is 53.5. The first kappa shape index (κ1) is 96.3. The molecular weight excluding hydrogens is 1880 g/mol. The van der Waals surface area contributed by atoms with E-state index in [2.05, 4.69) is 217 Å². The van der Waals surface area contributed by atoms with Crippen molar-refractivity contribution >= 4 is 87.7 Å². The Labute approximate surface area is 866 Å². The van der Waals surface area contributed by atoms with Gasteiger partial charge in [-0.3, -0.25) is 79.9 Å². The molecule has 0 atom stereocenters. The predicted molar refractivity (Wildman–Crippen MR) is 582 cm³/mol. The van der Waals surface area contributed by atoms with Gasteiger partial charge in [0, 0.05) is 180 Å². The second-order valence-corrected chi connectivity index (χ2v) is 43.0. The van der Waals surface area contributed by atoms with Gasteiger partial charge in [0.2, 0.25) is 0 Å². The van der Waals surface area contributed by atoms with Gasteiger partial charge in [-0.1, -0.05) is 30.7 Å². The first-order valence-electron chi connectivity index (χ1n) is 54.1. The normalized spacial score (nSPS) is 20.9. The quantitative estimate of drug-likeness (QED) is 0.0337. The molecule has 16 aromatic heterocycles. The number of rotatable bonds is 20. The van der Waals surface area contributed by atoms with Gasteiger partial charge in [-0.05, 0) is 328 Å². The average Bonchev–Trinajstić information content (AvgIpc) is 1.62. The molecule has 4 saturated heterocycles. The zero-order valence-corrected chi connectivity index (χ0v) is 84.3. The third kappa shape index (κ3) is 20.7. The fraction of sp³-hybridized carbons (Fsp3) is 0.385. The molecule has 4 saturated carbocycles. The maximum Gasteiger partial charge on any atom is 0.159 e. The van der Waals surface area contributed by atoms with Crippen LogP contribution >= 0.6 is 0 Å². The van der Waals surface area contributed by atoms with Crippen LogP contribution in [0.1, 0.15) is 222 Å². The van der Waals surface area contributed by atoms with Crippen molar-refractivity contribution in [1.82, 2.24) is 140 Å². The molecule has 8 fully saturated rings. The molecule has 13 N–H and O–H groups in total. The van der Waals surface area contributed by atoms with Gasteiger partial charge in [-0.25, -0.2) is 19.9 Å². The Bertz CT molecular complexity index is 8180. The largest absolute Gasteiger partial charge is 0.393 e. The van der Waals surface area contributed by atoms with E-state index in [4.69, 9.17) is 19.9 Å². The molecule has 0 spiro atoms. The van der Waals surface area contributed by atoms with Crippen molar-refractivity contribution in [3.8, 4) is 90.6 Å². The molecular formula is C117H126N28O5. The number of nitrogens with zero attached hydrogens (tertiary/aromatic N) is 20. The number of aromatic amines is 8. The predicted octanol–water partition coefficient (Wildman–Crippen LogP) is 20.1. The molecule has 20 heterocycles. The summed E-state index contributed by atoms with van der Waals surface area (Å²) in [5.41, 5.74) is 32.9. The van der Waals surface area contributed by atoms with E-state index in [0.29, 0.717) is 23.7 Å². The Morgan fingerprint density at radius 2 is 0.453 bits per heavy atom. The lowest BCUT2D eigenvalue weighted by molar-refractivity contribution is 0.0792. The van der Waals surface area contributed by atoms with Crippen molar-refractivity contribution in [3.63, 3.8) is 0 Å². The van der Waals surface area contributed by atoms with Gasteiger partial charge in [0.1, 0.15) is 22.8 Å². The monoisotopic (exact) mass is 2000 g/mol. The van der Waals surface area contributed by atoms with E-state index in [0.717, 1.165) is 355 Å². The summed E-state index contributed by atoms with van der Waals surface area (Å²) in [6.45, 7) is 12.6. The van der Waals surface area contributed by atoms with Gasteiger partial charge in [-0.2, -0.15) is 20.4 Å². The van der Waals surface area contributed by atoms with Crippen molar-refractivity contribution in [2.45, 2.75) is 234 Å². The van der Waals surface area contributed by atoms with Crippen LogP contribution in [0.2, 0.25) is 0 Å². The minimum Gasteiger partial charge on any atom is -0.393 e. The van der Waals surface area contributed by atoms with Gasteiger partial charge in [-0.15, -0.1) is 0 Å². The highest BCUT2D eigenvalue weighted by Crippen LogP contribution is 2.45. The van der Waals surface area contributed by atoms with Gasteiger partial charge < -0.3 is 45.5 Å². The summed E-state index contributed by atoms with van der Waals surface area (Å²) in [5.74, 6) is 4.42. The maximum atomic E-state index is 9.96. The number of aliphatic hydroxyl groups excluding tert-OH is 5.